The van der Waals surface area contributed by atoms with Gasteiger partial charge in [0.1, 0.15) is 12.0 Å². The SMILES string of the molecule is CC/C(C)=C(\O/C=C(\C)C#N)c1ccc(C)cc1. The van der Waals surface area contributed by atoms with E-state index in [9.17, 15) is 0 Å². The highest BCUT2D eigenvalue weighted by Crippen LogP contribution is 2.23. The van der Waals surface area contributed by atoms with Gasteiger partial charge in [0.25, 0.3) is 0 Å². The van der Waals surface area contributed by atoms with Gasteiger partial charge in [-0.1, -0.05) is 36.8 Å². The van der Waals surface area contributed by atoms with Crippen LogP contribution in [-0.4, -0.2) is 0 Å². The van der Waals surface area contributed by atoms with E-state index in [1.165, 1.54) is 17.4 Å². The summed E-state index contributed by atoms with van der Waals surface area (Å²) < 4.78 is 5.67. The maximum absolute atomic E-state index is 8.74. The number of benzene rings is 1. The summed E-state index contributed by atoms with van der Waals surface area (Å²) in [6.45, 7) is 7.92. The normalized spacial score (nSPS) is 12.7. The molecule has 0 saturated heterocycles. The summed E-state index contributed by atoms with van der Waals surface area (Å²) in [6.07, 6.45) is 2.43. The minimum Gasteiger partial charge on any atom is -0.463 e. The van der Waals surface area contributed by atoms with Crippen molar-refractivity contribution in [2.45, 2.75) is 34.1 Å². The first-order valence-corrected chi connectivity index (χ1v) is 6.08. The zero-order valence-corrected chi connectivity index (χ0v) is 11.4. The van der Waals surface area contributed by atoms with Crippen LogP contribution in [0.25, 0.3) is 5.76 Å². The molecule has 1 aromatic rings. The van der Waals surface area contributed by atoms with Crippen LogP contribution in [0.15, 0.2) is 41.7 Å². The second-order valence-corrected chi connectivity index (χ2v) is 4.36. The van der Waals surface area contributed by atoms with Crippen LogP contribution in [0.4, 0.5) is 0 Å². The lowest BCUT2D eigenvalue weighted by atomic mass is 10.1. The second kappa shape index (κ2) is 6.66. The van der Waals surface area contributed by atoms with Gasteiger partial charge in [0, 0.05) is 5.56 Å². The Kier molecular flexibility index (Phi) is 5.20. The first-order valence-electron chi connectivity index (χ1n) is 6.08. The van der Waals surface area contributed by atoms with Crippen molar-refractivity contribution >= 4 is 5.76 Å². The molecule has 0 amide bonds. The van der Waals surface area contributed by atoms with Crippen LogP contribution in [-0.2, 0) is 4.74 Å². The summed E-state index contributed by atoms with van der Waals surface area (Å²) in [7, 11) is 0. The second-order valence-electron chi connectivity index (χ2n) is 4.36. The van der Waals surface area contributed by atoms with Crippen LogP contribution in [0.2, 0.25) is 0 Å². The fourth-order valence-electron chi connectivity index (χ4n) is 1.45. The van der Waals surface area contributed by atoms with Crippen molar-refractivity contribution in [2.24, 2.45) is 0 Å². The molecule has 0 heterocycles. The van der Waals surface area contributed by atoms with Crippen LogP contribution >= 0.6 is 0 Å². The highest BCUT2D eigenvalue weighted by molar-refractivity contribution is 5.63. The van der Waals surface area contributed by atoms with E-state index < -0.39 is 0 Å². The molecular weight excluding hydrogens is 222 g/mol. The number of ether oxygens (including phenoxy) is 1. The summed E-state index contributed by atoms with van der Waals surface area (Å²) in [4.78, 5) is 0. The predicted molar refractivity (Wildman–Crippen MR) is 74.5 cm³/mol. The molecular formula is C16H19NO. The predicted octanol–water partition coefficient (Wildman–Crippen LogP) is 4.58. The summed E-state index contributed by atoms with van der Waals surface area (Å²) >= 11 is 0. The van der Waals surface area contributed by atoms with Gasteiger partial charge in [-0.2, -0.15) is 5.26 Å². The van der Waals surface area contributed by atoms with Gasteiger partial charge < -0.3 is 4.74 Å². The lowest BCUT2D eigenvalue weighted by molar-refractivity contribution is 0.428. The lowest BCUT2D eigenvalue weighted by Crippen LogP contribution is -1.92. The average molecular weight is 241 g/mol. The summed E-state index contributed by atoms with van der Waals surface area (Å²) in [5, 5.41) is 8.74. The van der Waals surface area contributed by atoms with E-state index in [2.05, 4.69) is 32.0 Å². The van der Waals surface area contributed by atoms with Gasteiger partial charge in [-0.25, -0.2) is 0 Å². The molecule has 0 aliphatic heterocycles. The number of nitriles is 1. The highest BCUT2D eigenvalue weighted by Gasteiger charge is 2.06. The minimum absolute atomic E-state index is 0.559. The Bertz CT molecular complexity index is 501. The van der Waals surface area contributed by atoms with Gasteiger partial charge in [-0.3, -0.25) is 0 Å². The van der Waals surface area contributed by atoms with Gasteiger partial charge in [-0.05, 0) is 32.8 Å². The molecule has 2 heteroatoms. The fraction of sp³-hybridized carbons (Fsp3) is 0.312. The Balaban J connectivity index is 3.09. The van der Waals surface area contributed by atoms with E-state index in [4.69, 9.17) is 10.00 Å². The number of hydrogen-bond donors (Lipinski definition) is 0. The number of hydrogen-bond acceptors (Lipinski definition) is 2. The van der Waals surface area contributed by atoms with E-state index in [1.54, 1.807) is 6.92 Å². The highest BCUT2D eigenvalue weighted by atomic mass is 16.5. The van der Waals surface area contributed by atoms with E-state index in [0.717, 1.165) is 17.7 Å². The Hall–Kier alpha value is -2.01. The maximum atomic E-state index is 8.74. The Morgan fingerprint density at radius 3 is 2.39 bits per heavy atom. The molecule has 18 heavy (non-hydrogen) atoms. The zero-order valence-electron chi connectivity index (χ0n) is 11.4. The Labute approximate surface area is 109 Å². The minimum atomic E-state index is 0.559. The maximum Gasteiger partial charge on any atom is 0.132 e. The molecule has 0 aliphatic rings. The molecule has 0 N–H and O–H groups in total. The molecule has 0 aliphatic carbocycles. The van der Waals surface area contributed by atoms with E-state index in [-0.39, 0.29) is 0 Å². The number of allylic oxidation sites excluding steroid dienone is 2. The Morgan fingerprint density at radius 1 is 1.28 bits per heavy atom. The molecule has 0 atom stereocenters. The molecule has 0 bridgehead atoms. The van der Waals surface area contributed by atoms with Crippen LogP contribution < -0.4 is 0 Å². The molecule has 0 spiro atoms. The molecule has 1 rings (SSSR count). The first-order chi connectivity index (χ1) is 8.58. The van der Waals surface area contributed by atoms with E-state index >= 15 is 0 Å². The molecule has 94 valence electrons. The van der Waals surface area contributed by atoms with Crippen molar-refractivity contribution in [3.8, 4) is 6.07 Å². The Morgan fingerprint density at radius 2 is 1.89 bits per heavy atom. The largest absolute Gasteiger partial charge is 0.463 e. The van der Waals surface area contributed by atoms with Crippen LogP contribution in [0.5, 0.6) is 0 Å². The summed E-state index contributed by atoms with van der Waals surface area (Å²) in [5.74, 6) is 0.840. The molecule has 0 radical (unpaired) electrons. The number of rotatable bonds is 4. The van der Waals surface area contributed by atoms with Crippen molar-refractivity contribution in [1.29, 1.82) is 5.26 Å². The average Bonchev–Trinajstić information content (AvgIpc) is 2.40. The van der Waals surface area contributed by atoms with Gasteiger partial charge in [0.2, 0.25) is 0 Å². The van der Waals surface area contributed by atoms with Gasteiger partial charge in [-0.15, -0.1) is 0 Å². The molecule has 2 nitrogen and oxygen atoms in total. The van der Waals surface area contributed by atoms with Crippen LogP contribution in [0.3, 0.4) is 0 Å². The topological polar surface area (TPSA) is 33.0 Å². The fourth-order valence-corrected chi connectivity index (χ4v) is 1.45. The summed E-state index contributed by atoms with van der Waals surface area (Å²) in [5.41, 5.74) is 3.99. The standard InChI is InChI=1S/C16H19NO/c1-5-14(4)16(18-11-13(3)10-17)15-8-6-12(2)7-9-15/h6-9,11H,5H2,1-4H3/b13-11+,16-14-. The smallest absolute Gasteiger partial charge is 0.132 e. The quantitative estimate of drug-likeness (QED) is 0.571. The van der Waals surface area contributed by atoms with Gasteiger partial charge in [0.15, 0.2) is 0 Å². The van der Waals surface area contributed by atoms with E-state index in [0.29, 0.717) is 5.57 Å². The van der Waals surface area contributed by atoms with Gasteiger partial charge in [0.05, 0.1) is 11.6 Å². The summed E-state index contributed by atoms with van der Waals surface area (Å²) in [6, 6.07) is 10.2. The van der Waals surface area contributed by atoms with Crippen LogP contribution in [0.1, 0.15) is 38.3 Å². The number of aryl methyl sites for hydroxylation is 1. The monoisotopic (exact) mass is 241 g/mol. The lowest BCUT2D eigenvalue weighted by Gasteiger charge is -2.11. The third-order valence-electron chi connectivity index (χ3n) is 2.76. The molecule has 1 aromatic carbocycles. The molecule has 0 aromatic heterocycles. The van der Waals surface area contributed by atoms with Crippen LogP contribution in [0, 0.1) is 18.3 Å². The van der Waals surface area contributed by atoms with Crippen molar-refractivity contribution in [1.82, 2.24) is 0 Å². The molecule has 0 fully saturated rings. The van der Waals surface area contributed by atoms with Gasteiger partial charge >= 0.3 is 0 Å². The van der Waals surface area contributed by atoms with E-state index in [1.807, 2.05) is 19.1 Å². The van der Waals surface area contributed by atoms with Crippen molar-refractivity contribution in [2.75, 3.05) is 0 Å². The van der Waals surface area contributed by atoms with Crippen molar-refractivity contribution in [3.63, 3.8) is 0 Å². The third-order valence-corrected chi connectivity index (χ3v) is 2.76. The molecule has 0 unspecified atom stereocenters. The van der Waals surface area contributed by atoms with Crippen molar-refractivity contribution < 1.29 is 4.74 Å². The number of nitrogens with zero attached hydrogens (tertiary/aromatic N) is 1. The third kappa shape index (κ3) is 3.78. The van der Waals surface area contributed by atoms with Crippen molar-refractivity contribution in [3.05, 3.63) is 52.8 Å². The molecule has 0 saturated carbocycles. The zero-order chi connectivity index (χ0) is 13.5. The first kappa shape index (κ1) is 14.1.